The van der Waals surface area contributed by atoms with Crippen LogP contribution in [0.1, 0.15) is 19.2 Å². The van der Waals surface area contributed by atoms with E-state index in [-0.39, 0.29) is 6.61 Å². The molecule has 0 bridgehead atoms. The quantitative estimate of drug-likeness (QED) is 0.611. The Morgan fingerprint density at radius 2 is 1.88 bits per heavy atom. The lowest BCUT2D eigenvalue weighted by Crippen LogP contribution is -2.34. The van der Waals surface area contributed by atoms with Gasteiger partial charge >= 0.3 is 0 Å². The number of fused-ring (bicyclic) bond motifs is 1. The fourth-order valence-electron chi connectivity index (χ4n) is 3.15. The third kappa shape index (κ3) is 4.05. The molecule has 132 valence electrons. The Balaban J connectivity index is 1.77. The second-order valence-electron chi connectivity index (χ2n) is 6.24. The first-order valence-corrected chi connectivity index (χ1v) is 9.42. The minimum atomic E-state index is -0.574. The van der Waals surface area contributed by atoms with Gasteiger partial charge in [-0.15, -0.1) is 0 Å². The summed E-state index contributed by atoms with van der Waals surface area (Å²) in [6.45, 7) is 2.96. The Hall–Kier alpha value is -1.85. The fourth-order valence-corrected chi connectivity index (χ4v) is 3.42. The lowest BCUT2D eigenvalue weighted by atomic mass is 10.3. The third-order valence-electron chi connectivity index (χ3n) is 4.36. The van der Waals surface area contributed by atoms with Crippen LogP contribution in [-0.2, 0) is 20.0 Å². The van der Waals surface area contributed by atoms with Crippen molar-refractivity contribution in [1.29, 1.82) is 0 Å². The molecule has 4 nitrogen and oxygen atoms in total. The molecule has 0 aliphatic rings. The van der Waals surface area contributed by atoms with E-state index >= 15 is 0 Å². The maximum atomic E-state index is 10.5. The molecule has 0 spiro atoms. The highest BCUT2D eigenvalue weighted by atomic mass is 79.9. The maximum absolute atomic E-state index is 10.5. The molecule has 5 heteroatoms. The molecular formula is C20H24BrN2O2+. The molecule has 25 heavy (non-hydrogen) atoms. The standard InChI is InChI=1S/C20H24BrN2O2/c1-3-6-20-22(2)18-7-4-5-8-19(18)23(20)13-16(24)14-25-17-11-9-15(21)10-12-17/h4-5,7-12,16,24H,3,6,13-14H2,1-2H3/q+1. The van der Waals surface area contributed by atoms with Crippen molar-refractivity contribution in [2.75, 3.05) is 6.61 Å². The number of imidazole rings is 1. The normalized spacial score (nSPS) is 12.5. The number of aryl methyl sites for hydroxylation is 1. The van der Waals surface area contributed by atoms with Crippen LogP contribution in [0, 0.1) is 0 Å². The number of halogens is 1. The molecule has 0 fully saturated rings. The van der Waals surface area contributed by atoms with Crippen LogP contribution in [0.5, 0.6) is 5.75 Å². The van der Waals surface area contributed by atoms with Crippen molar-refractivity contribution < 1.29 is 14.4 Å². The molecule has 1 aromatic heterocycles. The van der Waals surface area contributed by atoms with E-state index in [9.17, 15) is 5.11 Å². The van der Waals surface area contributed by atoms with Crippen molar-refractivity contribution in [3.05, 3.63) is 58.8 Å². The summed E-state index contributed by atoms with van der Waals surface area (Å²) >= 11 is 3.41. The van der Waals surface area contributed by atoms with Crippen molar-refractivity contribution in [1.82, 2.24) is 4.57 Å². The van der Waals surface area contributed by atoms with Crippen molar-refractivity contribution in [2.45, 2.75) is 32.4 Å². The number of para-hydroxylation sites is 2. The topological polar surface area (TPSA) is 38.3 Å². The predicted molar refractivity (Wildman–Crippen MR) is 103 cm³/mol. The van der Waals surface area contributed by atoms with Gasteiger partial charge in [0.25, 0.3) is 5.82 Å². The summed E-state index contributed by atoms with van der Waals surface area (Å²) in [5.74, 6) is 1.99. The number of aliphatic hydroxyl groups is 1. The number of hydrogen-bond donors (Lipinski definition) is 1. The first kappa shape index (κ1) is 18.0. The molecule has 1 N–H and O–H groups in total. The van der Waals surface area contributed by atoms with Gasteiger partial charge in [0, 0.05) is 10.9 Å². The first-order chi connectivity index (χ1) is 12.1. The average Bonchev–Trinajstić information content (AvgIpc) is 2.88. The van der Waals surface area contributed by atoms with Gasteiger partial charge in [0.15, 0.2) is 11.0 Å². The Morgan fingerprint density at radius 3 is 2.60 bits per heavy atom. The van der Waals surface area contributed by atoms with Crippen LogP contribution in [0.2, 0.25) is 0 Å². The van der Waals surface area contributed by atoms with Crippen molar-refractivity contribution in [2.24, 2.45) is 7.05 Å². The van der Waals surface area contributed by atoms with Gasteiger partial charge in [0.2, 0.25) is 0 Å². The first-order valence-electron chi connectivity index (χ1n) is 8.62. The molecule has 3 rings (SSSR count). The van der Waals surface area contributed by atoms with Crippen LogP contribution in [0.25, 0.3) is 11.0 Å². The molecule has 1 heterocycles. The maximum Gasteiger partial charge on any atom is 0.257 e. The SMILES string of the molecule is CCCc1n(CC(O)COc2ccc(Br)cc2)c2ccccc2[n+]1C. The third-order valence-corrected chi connectivity index (χ3v) is 4.88. The largest absolute Gasteiger partial charge is 0.491 e. The summed E-state index contributed by atoms with van der Waals surface area (Å²) in [5.41, 5.74) is 2.34. The Labute approximate surface area is 156 Å². The van der Waals surface area contributed by atoms with Gasteiger partial charge in [0.1, 0.15) is 25.0 Å². The van der Waals surface area contributed by atoms with E-state index in [1.165, 1.54) is 11.3 Å². The number of ether oxygens (including phenoxy) is 1. The average molecular weight is 404 g/mol. The molecule has 0 saturated heterocycles. The number of rotatable bonds is 7. The van der Waals surface area contributed by atoms with E-state index in [1.54, 1.807) is 0 Å². The van der Waals surface area contributed by atoms with Gasteiger partial charge < -0.3 is 9.84 Å². The van der Waals surface area contributed by atoms with Gasteiger partial charge in [0.05, 0.1) is 7.05 Å². The van der Waals surface area contributed by atoms with Gasteiger partial charge in [-0.05, 0) is 42.8 Å². The van der Waals surface area contributed by atoms with Crippen LogP contribution in [0.15, 0.2) is 53.0 Å². The highest BCUT2D eigenvalue weighted by molar-refractivity contribution is 9.10. The van der Waals surface area contributed by atoms with E-state index in [0.717, 1.165) is 28.6 Å². The number of aromatic nitrogens is 2. The Morgan fingerprint density at radius 1 is 1.16 bits per heavy atom. The summed E-state index contributed by atoms with van der Waals surface area (Å²) in [7, 11) is 2.09. The minimum absolute atomic E-state index is 0.267. The molecule has 2 aromatic carbocycles. The van der Waals surface area contributed by atoms with Crippen LogP contribution in [0.3, 0.4) is 0 Å². The molecule has 0 radical (unpaired) electrons. The zero-order valence-electron chi connectivity index (χ0n) is 14.7. The number of hydrogen-bond acceptors (Lipinski definition) is 2. The Bertz CT molecular complexity index is 843. The van der Waals surface area contributed by atoms with Gasteiger partial charge in [-0.1, -0.05) is 35.0 Å². The molecule has 0 amide bonds. The van der Waals surface area contributed by atoms with Crippen molar-refractivity contribution in [3.8, 4) is 5.75 Å². The van der Waals surface area contributed by atoms with Crippen LogP contribution in [-0.4, -0.2) is 22.4 Å². The van der Waals surface area contributed by atoms with Gasteiger partial charge in [-0.2, -0.15) is 0 Å². The zero-order chi connectivity index (χ0) is 17.8. The molecule has 1 atom stereocenters. The summed E-state index contributed by atoms with van der Waals surface area (Å²) in [6.07, 6.45) is 1.47. The van der Waals surface area contributed by atoms with E-state index < -0.39 is 6.10 Å². The molecule has 0 aliphatic carbocycles. The highest BCUT2D eigenvalue weighted by Gasteiger charge is 2.23. The van der Waals surface area contributed by atoms with E-state index in [4.69, 9.17) is 4.74 Å². The van der Waals surface area contributed by atoms with Gasteiger partial charge in [-0.25, -0.2) is 9.13 Å². The monoisotopic (exact) mass is 403 g/mol. The molecule has 0 saturated carbocycles. The number of aliphatic hydroxyl groups excluding tert-OH is 1. The van der Waals surface area contributed by atoms with Crippen molar-refractivity contribution in [3.63, 3.8) is 0 Å². The number of benzene rings is 2. The van der Waals surface area contributed by atoms with Crippen LogP contribution < -0.4 is 9.30 Å². The van der Waals surface area contributed by atoms with Crippen molar-refractivity contribution >= 4 is 27.0 Å². The van der Waals surface area contributed by atoms with E-state index in [0.29, 0.717) is 6.54 Å². The lowest BCUT2D eigenvalue weighted by molar-refractivity contribution is -0.654. The lowest BCUT2D eigenvalue weighted by Gasteiger charge is -2.12. The van der Waals surface area contributed by atoms with Crippen LogP contribution in [0.4, 0.5) is 0 Å². The van der Waals surface area contributed by atoms with E-state index in [1.807, 2.05) is 30.3 Å². The van der Waals surface area contributed by atoms with Gasteiger partial charge in [-0.3, -0.25) is 0 Å². The second-order valence-corrected chi connectivity index (χ2v) is 7.16. The van der Waals surface area contributed by atoms with E-state index in [2.05, 4.69) is 57.2 Å². The molecular weight excluding hydrogens is 380 g/mol. The molecule has 1 unspecified atom stereocenters. The summed E-state index contributed by atoms with van der Waals surface area (Å²) in [5, 5.41) is 10.5. The number of nitrogens with zero attached hydrogens (tertiary/aromatic N) is 2. The summed E-state index contributed by atoms with van der Waals surface area (Å²) in [4.78, 5) is 0. The molecule has 3 aromatic rings. The summed E-state index contributed by atoms with van der Waals surface area (Å²) in [6, 6.07) is 16.0. The second kappa shape index (κ2) is 8.02. The zero-order valence-corrected chi connectivity index (χ0v) is 16.2. The fraction of sp³-hybridized carbons (Fsp3) is 0.350. The highest BCUT2D eigenvalue weighted by Crippen LogP contribution is 2.18. The minimum Gasteiger partial charge on any atom is -0.491 e. The smallest absolute Gasteiger partial charge is 0.257 e. The Kier molecular flexibility index (Phi) is 5.76. The summed E-state index contributed by atoms with van der Waals surface area (Å²) < 4.78 is 11.2. The molecule has 0 aliphatic heterocycles. The predicted octanol–water partition coefficient (Wildman–Crippen LogP) is 3.62. The van der Waals surface area contributed by atoms with Crippen LogP contribution >= 0.6 is 15.9 Å².